The molecule has 12 heteroatoms. The zero-order valence-electron chi connectivity index (χ0n) is 22.5. The maximum atomic E-state index is 13.8. The lowest BCUT2D eigenvalue weighted by Crippen LogP contribution is -2.34. The van der Waals surface area contributed by atoms with Crippen molar-refractivity contribution in [1.82, 2.24) is 15.1 Å². The smallest absolute Gasteiger partial charge is 0.352 e. The summed E-state index contributed by atoms with van der Waals surface area (Å²) in [6.45, 7) is 6.30. The normalized spacial score (nSPS) is 12.4. The fourth-order valence-corrected chi connectivity index (χ4v) is 4.19. The first kappa shape index (κ1) is 29.6. The van der Waals surface area contributed by atoms with Crippen LogP contribution in [0.15, 0.2) is 60.8 Å². The van der Waals surface area contributed by atoms with Gasteiger partial charge >= 0.3 is 12.4 Å². The molecule has 0 atom stereocenters. The van der Waals surface area contributed by atoms with Gasteiger partial charge in [0.15, 0.2) is 0 Å². The van der Waals surface area contributed by atoms with E-state index in [0.29, 0.717) is 10.9 Å². The molecule has 2 amide bonds. The number of carbonyl (C=O) groups excluding carboxylic acids is 2. The molecule has 4 aromatic rings. The third-order valence-electron chi connectivity index (χ3n) is 6.40. The van der Waals surface area contributed by atoms with Crippen LogP contribution in [0.25, 0.3) is 16.6 Å². The summed E-state index contributed by atoms with van der Waals surface area (Å²) in [6.07, 6.45) is -8.11. The molecule has 0 saturated carbocycles. The van der Waals surface area contributed by atoms with E-state index in [1.54, 1.807) is 26.8 Å². The van der Waals surface area contributed by atoms with Gasteiger partial charge in [-0.15, -0.1) is 0 Å². The molecule has 0 radical (unpaired) electrons. The monoisotopic (exact) mass is 576 g/mol. The number of carbonyl (C=O) groups is 2. The lowest BCUT2D eigenvalue weighted by atomic mass is 9.95. The van der Waals surface area contributed by atoms with E-state index >= 15 is 0 Å². The highest BCUT2D eigenvalue weighted by Crippen LogP contribution is 2.35. The van der Waals surface area contributed by atoms with E-state index in [9.17, 15) is 35.9 Å². The topological polar surface area (TPSA) is 76.0 Å². The summed E-state index contributed by atoms with van der Waals surface area (Å²) in [6, 6.07) is 11.3. The standard InChI is InChI=1S/C29H26F6N4O2/c1-16-8-10-18(13-22(16)29(33,34)35)39-24-7-5-6-23(20(24)15-37-39)38-25(40)19-12-17(9-11-21(19)28(30,31)32)14-36-26(41)27(2,3)4/h5-13,15H,14H2,1-4H3,(H,36,41)(H,38,40). The number of aromatic nitrogens is 2. The summed E-state index contributed by atoms with van der Waals surface area (Å²) in [5, 5.41) is 9.59. The number of hydrogen-bond acceptors (Lipinski definition) is 3. The number of alkyl halides is 6. The number of rotatable bonds is 5. The summed E-state index contributed by atoms with van der Waals surface area (Å²) in [5.41, 5.74) is -2.50. The number of hydrogen-bond donors (Lipinski definition) is 2. The van der Waals surface area contributed by atoms with Crippen molar-refractivity contribution < 1.29 is 35.9 Å². The van der Waals surface area contributed by atoms with Crippen LogP contribution in [-0.2, 0) is 23.7 Å². The average molecular weight is 577 g/mol. The minimum absolute atomic E-state index is 0.0336. The zero-order valence-corrected chi connectivity index (χ0v) is 22.5. The highest BCUT2D eigenvalue weighted by Gasteiger charge is 2.36. The predicted molar refractivity (Wildman–Crippen MR) is 142 cm³/mol. The van der Waals surface area contributed by atoms with Crippen LogP contribution in [0.1, 0.15) is 53.4 Å². The van der Waals surface area contributed by atoms with Gasteiger partial charge in [0.25, 0.3) is 5.91 Å². The molecule has 1 heterocycles. The minimum Gasteiger partial charge on any atom is -0.352 e. The Morgan fingerprint density at radius 3 is 2.20 bits per heavy atom. The van der Waals surface area contributed by atoms with Gasteiger partial charge in [0.2, 0.25) is 5.91 Å². The molecule has 0 bridgehead atoms. The molecular formula is C29H26F6N4O2. The second kappa shape index (κ2) is 10.6. The van der Waals surface area contributed by atoms with E-state index in [4.69, 9.17) is 0 Å². The Kier molecular flexibility index (Phi) is 7.63. The Bertz CT molecular complexity index is 1630. The van der Waals surface area contributed by atoms with Gasteiger partial charge in [0.05, 0.1) is 39.8 Å². The second-order valence-electron chi connectivity index (χ2n) is 10.6. The highest BCUT2D eigenvalue weighted by atomic mass is 19.4. The molecule has 1 aromatic heterocycles. The fraction of sp³-hybridized carbons (Fsp3) is 0.276. The van der Waals surface area contributed by atoms with Gasteiger partial charge in [-0.25, -0.2) is 4.68 Å². The highest BCUT2D eigenvalue weighted by molar-refractivity contribution is 6.09. The first-order valence-electron chi connectivity index (χ1n) is 12.4. The number of anilines is 1. The molecule has 0 aliphatic heterocycles. The van der Waals surface area contributed by atoms with Crippen molar-refractivity contribution in [1.29, 1.82) is 0 Å². The number of nitrogens with one attached hydrogen (secondary N) is 2. The quantitative estimate of drug-likeness (QED) is 0.245. The summed E-state index contributed by atoms with van der Waals surface area (Å²) in [5.74, 6) is -1.38. The summed E-state index contributed by atoms with van der Waals surface area (Å²) in [7, 11) is 0. The maximum absolute atomic E-state index is 13.8. The second-order valence-corrected chi connectivity index (χ2v) is 10.6. The van der Waals surface area contributed by atoms with E-state index in [1.807, 2.05) is 0 Å². The molecule has 0 aliphatic carbocycles. The number of benzene rings is 3. The van der Waals surface area contributed by atoms with Crippen molar-refractivity contribution in [2.24, 2.45) is 5.41 Å². The molecule has 0 unspecified atom stereocenters. The maximum Gasteiger partial charge on any atom is 0.417 e. The molecular weight excluding hydrogens is 550 g/mol. The SMILES string of the molecule is Cc1ccc(-n2ncc3c(NC(=O)c4cc(CNC(=O)C(C)(C)C)ccc4C(F)(F)F)cccc32)cc1C(F)(F)F. The number of nitrogens with zero attached hydrogens (tertiary/aromatic N) is 2. The number of halogens is 6. The van der Waals surface area contributed by atoms with Gasteiger partial charge in [-0.05, 0) is 54.4 Å². The van der Waals surface area contributed by atoms with Gasteiger partial charge in [0.1, 0.15) is 0 Å². The molecule has 0 aliphatic rings. The molecule has 41 heavy (non-hydrogen) atoms. The Morgan fingerprint density at radius 2 is 1.56 bits per heavy atom. The van der Waals surface area contributed by atoms with Gasteiger partial charge < -0.3 is 10.6 Å². The lowest BCUT2D eigenvalue weighted by Gasteiger charge is -2.19. The minimum atomic E-state index is -4.83. The van der Waals surface area contributed by atoms with E-state index in [1.165, 1.54) is 48.1 Å². The average Bonchev–Trinajstić information content (AvgIpc) is 3.30. The Balaban J connectivity index is 1.69. The lowest BCUT2D eigenvalue weighted by molar-refractivity contribution is -0.138. The van der Waals surface area contributed by atoms with Crippen LogP contribution >= 0.6 is 0 Å². The van der Waals surface area contributed by atoms with Crippen LogP contribution < -0.4 is 10.6 Å². The van der Waals surface area contributed by atoms with E-state index < -0.39 is 40.4 Å². The van der Waals surface area contributed by atoms with E-state index in [0.717, 1.165) is 18.2 Å². The van der Waals surface area contributed by atoms with E-state index in [-0.39, 0.29) is 35.0 Å². The summed E-state index contributed by atoms with van der Waals surface area (Å²) >= 11 is 0. The molecule has 3 aromatic carbocycles. The Hall–Kier alpha value is -4.35. The fourth-order valence-electron chi connectivity index (χ4n) is 4.19. The van der Waals surface area contributed by atoms with Gasteiger partial charge in [0, 0.05) is 17.3 Å². The molecule has 6 nitrogen and oxygen atoms in total. The first-order chi connectivity index (χ1) is 19.0. The number of fused-ring (bicyclic) bond motifs is 1. The number of amides is 2. The summed E-state index contributed by atoms with van der Waals surface area (Å²) in [4.78, 5) is 25.4. The molecule has 0 spiro atoms. The van der Waals surface area contributed by atoms with Crippen LogP contribution in [-0.4, -0.2) is 21.6 Å². The van der Waals surface area contributed by atoms with Crippen molar-refractivity contribution in [3.05, 3.63) is 88.6 Å². The van der Waals surface area contributed by atoms with Crippen molar-refractivity contribution in [3.8, 4) is 5.69 Å². The van der Waals surface area contributed by atoms with Crippen molar-refractivity contribution in [2.45, 2.75) is 46.6 Å². The van der Waals surface area contributed by atoms with E-state index in [2.05, 4.69) is 15.7 Å². The van der Waals surface area contributed by atoms with Crippen LogP contribution in [0, 0.1) is 12.3 Å². The zero-order chi connectivity index (χ0) is 30.3. The Morgan fingerprint density at radius 1 is 0.878 bits per heavy atom. The largest absolute Gasteiger partial charge is 0.417 e. The van der Waals surface area contributed by atoms with Crippen molar-refractivity contribution in [2.75, 3.05) is 5.32 Å². The molecule has 0 fully saturated rings. The van der Waals surface area contributed by atoms with Gasteiger partial charge in [-0.2, -0.15) is 31.4 Å². The number of aryl methyl sites for hydroxylation is 1. The van der Waals surface area contributed by atoms with Crippen molar-refractivity contribution in [3.63, 3.8) is 0 Å². The van der Waals surface area contributed by atoms with Crippen LogP contribution in [0.2, 0.25) is 0 Å². The van der Waals surface area contributed by atoms with Crippen LogP contribution in [0.3, 0.4) is 0 Å². The van der Waals surface area contributed by atoms with Gasteiger partial charge in [-0.1, -0.05) is 39.0 Å². The molecule has 4 rings (SSSR count). The Labute approximate surface area is 231 Å². The van der Waals surface area contributed by atoms with Gasteiger partial charge in [-0.3, -0.25) is 9.59 Å². The third kappa shape index (κ3) is 6.36. The molecule has 216 valence electrons. The third-order valence-corrected chi connectivity index (χ3v) is 6.40. The predicted octanol–water partition coefficient (Wildman–Crippen LogP) is 7.29. The summed E-state index contributed by atoms with van der Waals surface area (Å²) < 4.78 is 83.0. The van der Waals surface area contributed by atoms with Crippen LogP contribution in [0.5, 0.6) is 0 Å². The molecule has 0 saturated heterocycles. The molecule has 2 N–H and O–H groups in total. The van der Waals surface area contributed by atoms with Crippen molar-refractivity contribution >= 4 is 28.4 Å². The van der Waals surface area contributed by atoms with Crippen LogP contribution in [0.4, 0.5) is 32.0 Å². The first-order valence-corrected chi connectivity index (χ1v) is 12.4.